The van der Waals surface area contributed by atoms with Gasteiger partial charge in [0.2, 0.25) is 0 Å². The van der Waals surface area contributed by atoms with Crippen molar-refractivity contribution in [1.29, 1.82) is 0 Å². The number of hydrogen-bond donors (Lipinski definition) is 1. The summed E-state index contributed by atoms with van der Waals surface area (Å²) in [6.45, 7) is 12.6. The first kappa shape index (κ1) is 14.6. The molecule has 0 radical (unpaired) electrons. The van der Waals surface area contributed by atoms with Crippen molar-refractivity contribution in [2.24, 2.45) is 28.1 Å². The fourth-order valence-corrected chi connectivity index (χ4v) is 6.09. The zero-order valence-electron chi connectivity index (χ0n) is 14.1. The molecule has 3 aliphatic rings. The van der Waals surface area contributed by atoms with Crippen molar-refractivity contribution >= 4 is 0 Å². The zero-order chi connectivity index (χ0) is 14.8. The van der Waals surface area contributed by atoms with Gasteiger partial charge in [0, 0.05) is 12.5 Å². The number of fused-ring (bicyclic) bond motifs is 1. The summed E-state index contributed by atoms with van der Waals surface area (Å²) in [7, 11) is 0. The van der Waals surface area contributed by atoms with E-state index in [4.69, 9.17) is 0 Å². The second-order valence-corrected chi connectivity index (χ2v) is 8.82. The maximum Gasteiger partial charge on any atom is 0.0496 e. The summed E-state index contributed by atoms with van der Waals surface area (Å²) in [6.07, 6.45) is 7.85. The van der Waals surface area contributed by atoms with Crippen LogP contribution in [-0.4, -0.2) is 11.7 Å². The third kappa shape index (κ3) is 1.59. The van der Waals surface area contributed by atoms with Crippen LogP contribution in [0.5, 0.6) is 0 Å². The van der Waals surface area contributed by atoms with E-state index in [0.29, 0.717) is 28.8 Å². The van der Waals surface area contributed by atoms with E-state index in [1.54, 1.807) is 11.1 Å². The van der Waals surface area contributed by atoms with Crippen molar-refractivity contribution in [3.8, 4) is 0 Å². The van der Waals surface area contributed by atoms with Crippen LogP contribution in [0.15, 0.2) is 11.1 Å². The van der Waals surface area contributed by atoms with E-state index in [1.807, 2.05) is 0 Å². The lowest BCUT2D eigenvalue weighted by atomic mass is 9.51. The Balaban J connectivity index is 2.19. The number of allylic oxidation sites excluding steroid dienone is 1. The largest absolute Gasteiger partial charge is 0.396 e. The molecule has 0 aromatic rings. The van der Waals surface area contributed by atoms with Crippen LogP contribution in [0.1, 0.15) is 73.1 Å². The highest BCUT2D eigenvalue weighted by Crippen LogP contribution is 2.75. The van der Waals surface area contributed by atoms with Gasteiger partial charge in [-0.2, -0.15) is 0 Å². The Kier molecular flexibility index (Phi) is 3.18. The predicted octanol–water partition coefficient (Wildman–Crippen LogP) is 4.95. The highest BCUT2D eigenvalue weighted by molar-refractivity contribution is 5.41. The molecule has 0 unspecified atom stereocenters. The SMILES string of the molecule is CC[C@H](CO)C1=C2C(C)(C)[C@H]3CC[C@@]2(C3)C(C)(C)CC1. The van der Waals surface area contributed by atoms with E-state index in [1.165, 1.54) is 32.1 Å². The molecule has 1 spiro atoms. The minimum atomic E-state index is 0.340. The van der Waals surface area contributed by atoms with Gasteiger partial charge in [-0.15, -0.1) is 0 Å². The highest BCUT2D eigenvalue weighted by Gasteiger charge is 2.65. The smallest absolute Gasteiger partial charge is 0.0496 e. The van der Waals surface area contributed by atoms with E-state index in [2.05, 4.69) is 34.6 Å². The molecule has 0 heterocycles. The molecule has 114 valence electrons. The molecule has 0 aromatic carbocycles. The standard InChI is InChI=1S/C19H32O/c1-6-13(12-20)15-8-9-17(2,3)19-10-7-14(11-19)18(4,5)16(15)19/h13-14,20H,6-12H2,1-5H3/t13-,14+,19+/m1/s1. The van der Waals surface area contributed by atoms with Crippen LogP contribution in [0.2, 0.25) is 0 Å². The van der Waals surface area contributed by atoms with E-state index >= 15 is 0 Å². The van der Waals surface area contributed by atoms with Crippen LogP contribution in [0, 0.1) is 28.1 Å². The van der Waals surface area contributed by atoms with Gasteiger partial charge >= 0.3 is 0 Å². The molecular formula is C19H32O. The molecule has 20 heavy (non-hydrogen) atoms. The molecule has 0 aromatic heterocycles. The first-order valence-corrected chi connectivity index (χ1v) is 8.65. The molecule has 1 nitrogen and oxygen atoms in total. The fraction of sp³-hybridized carbons (Fsp3) is 0.895. The lowest BCUT2D eigenvalue weighted by Crippen LogP contribution is -2.44. The van der Waals surface area contributed by atoms with Gasteiger partial charge in [0.25, 0.3) is 0 Å². The van der Waals surface area contributed by atoms with Gasteiger partial charge in [-0.25, -0.2) is 0 Å². The van der Waals surface area contributed by atoms with Crippen LogP contribution in [-0.2, 0) is 0 Å². The first-order valence-electron chi connectivity index (χ1n) is 8.65. The van der Waals surface area contributed by atoms with E-state index in [9.17, 15) is 5.11 Å². The zero-order valence-corrected chi connectivity index (χ0v) is 14.1. The molecule has 0 saturated heterocycles. The second-order valence-electron chi connectivity index (χ2n) is 8.82. The third-order valence-electron chi connectivity index (χ3n) is 7.50. The molecular weight excluding hydrogens is 244 g/mol. The van der Waals surface area contributed by atoms with Gasteiger partial charge in [0.05, 0.1) is 0 Å². The number of rotatable bonds is 3. The summed E-state index contributed by atoms with van der Waals surface area (Å²) in [5.74, 6) is 1.29. The summed E-state index contributed by atoms with van der Waals surface area (Å²) in [6, 6.07) is 0. The van der Waals surface area contributed by atoms with Crippen molar-refractivity contribution in [2.75, 3.05) is 6.61 Å². The Morgan fingerprint density at radius 1 is 1.20 bits per heavy atom. The van der Waals surface area contributed by atoms with Crippen LogP contribution < -0.4 is 0 Å². The molecule has 3 aliphatic carbocycles. The Morgan fingerprint density at radius 2 is 1.90 bits per heavy atom. The van der Waals surface area contributed by atoms with Crippen molar-refractivity contribution in [3.63, 3.8) is 0 Å². The minimum absolute atomic E-state index is 0.340. The van der Waals surface area contributed by atoms with Crippen LogP contribution >= 0.6 is 0 Å². The van der Waals surface area contributed by atoms with Gasteiger partial charge in [0.1, 0.15) is 0 Å². The Labute approximate surface area is 124 Å². The van der Waals surface area contributed by atoms with Gasteiger partial charge in [0.15, 0.2) is 0 Å². The van der Waals surface area contributed by atoms with Crippen molar-refractivity contribution in [3.05, 3.63) is 11.1 Å². The van der Waals surface area contributed by atoms with Crippen molar-refractivity contribution in [1.82, 2.24) is 0 Å². The summed E-state index contributed by atoms with van der Waals surface area (Å²) in [5.41, 5.74) is 4.72. The quantitative estimate of drug-likeness (QED) is 0.723. The average Bonchev–Trinajstić information content (AvgIpc) is 2.90. The Morgan fingerprint density at radius 3 is 2.50 bits per heavy atom. The van der Waals surface area contributed by atoms with E-state index in [0.717, 1.165) is 12.3 Å². The summed E-state index contributed by atoms with van der Waals surface area (Å²) < 4.78 is 0. The normalized spacial score (nSPS) is 39.0. The maximum absolute atomic E-state index is 9.83. The Hall–Kier alpha value is -0.300. The molecule has 2 saturated carbocycles. The number of aliphatic hydroxyl groups is 1. The van der Waals surface area contributed by atoms with Gasteiger partial charge in [-0.3, -0.25) is 0 Å². The summed E-state index contributed by atoms with van der Waals surface area (Å²) in [4.78, 5) is 0. The minimum Gasteiger partial charge on any atom is -0.396 e. The molecule has 0 amide bonds. The topological polar surface area (TPSA) is 20.2 Å². The van der Waals surface area contributed by atoms with Crippen LogP contribution in [0.25, 0.3) is 0 Å². The third-order valence-corrected chi connectivity index (χ3v) is 7.50. The van der Waals surface area contributed by atoms with Crippen molar-refractivity contribution < 1.29 is 5.11 Å². The second kappa shape index (κ2) is 4.35. The Bertz CT molecular complexity index is 439. The molecule has 2 bridgehead atoms. The van der Waals surface area contributed by atoms with E-state index < -0.39 is 0 Å². The summed E-state index contributed by atoms with van der Waals surface area (Å²) in [5, 5.41) is 9.83. The fourth-order valence-electron chi connectivity index (χ4n) is 6.09. The molecule has 3 atom stereocenters. The lowest BCUT2D eigenvalue weighted by molar-refractivity contribution is 0.0790. The molecule has 1 heteroatoms. The monoisotopic (exact) mass is 276 g/mol. The highest BCUT2D eigenvalue weighted by atomic mass is 16.3. The number of aliphatic hydroxyl groups excluding tert-OH is 1. The molecule has 2 fully saturated rings. The molecule has 1 N–H and O–H groups in total. The van der Waals surface area contributed by atoms with Crippen LogP contribution in [0.3, 0.4) is 0 Å². The lowest BCUT2D eigenvalue weighted by Gasteiger charge is -2.53. The maximum atomic E-state index is 9.83. The predicted molar refractivity (Wildman–Crippen MR) is 84.5 cm³/mol. The van der Waals surface area contributed by atoms with Gasteiger partial charge < -0.3 is 5.11 Å². The number of hydrogen-bond acceptors (Lipinski definition) is 1. The molecule has 0 aliphatic heterocycles. The average molecular weight is 276 g/mol. The van der Waals surface area contributed by atoms with Gasteiger partial charge in [-0.1, -0.05) is 45.8 Å². The van der Waals surface area contributed by atoms with Crippen LogP contribution in [0.4, 0.5) is 0 Å². The summed E-state index contributed by atoms with van der Waals surface area (Å²) >= 11 is 0. The van der Waals surface area contributed by atoms with Crippen molar-refractivity contribution in [2.45, 2.75) is 73.1 Å². The first-order chi connectivity index (χ1) is 9.30. The molecule has 3 rings (SSSR count). The van der Waals surface area contributed by atoms with E-state index in [-0.39, 0.29) is 0 Å². The van der Waals surface area contributed by atoms with Gasteiger partial charge in [-0.05, 0) is 60.7 Å².